The first kappa shape index (κ1) is 35.8. The Morgan fingerprint density at radius 3 is 1.75 bits per heavy atom. The van der Waals surface area contributed by atoms with Gasteiger partial charge in [0.05, 0.1) is 44.7 Å². The van der Waals surface area contributed by atoms with Gasteiger partial charge in [-0.2, -0.15) is 25.3 Å². The van der Waals surface area contributed by atoms with Crippen LogP contribution in [-0.2, 0) is 30.4 Å². The highest BCUT2D eigenvalue weighted by atomic mass is 35.5. The number of fused-ring (bicyclic) bond motifs is 3. The summed E-state index contributed by atoms with van der Waals surface area (Å²) in [5, 5.41) is 5.16. The molecule has 1 aliphatic carbocycles. The Bertz CT molecular complexity index is 2780. The van der Waals surface area contributed by atoms with Crippen molar-refractivity contribution in [3.8, 4) is 0 Å². The van der Waals surface area contributed by atoms with Crippen molar-refractivity contribution >= 4 is 105 Å². The number of rotatable bonds is 7. The van der Waals surface area contributed by atoms with Crippen molar-refractivity contribution in [2.75, 3.05) is 16.4 Å². The van der Waals surface area contributed by atoms with Crippen molar-refractivity contribution in [2.24, 2.45) is 0 Å². The molecule has 1 aliphatic rings. The molecule has 262 valence electrons. The Balaban J connectivity index is 1.46. The average molecular weight is 795 g/mol. The minimum Gasteiger partial charge on any atom is -0.397 e. The highest BCUT2D eigenvalue weighted by Crippen LogP contribution is 2.43. The van der Waals surface area contributed by atoms with Crippen molar-refractivity contribution in [1.29, 1.82) is 0 Å². The van der Waals surface area contributed by atoms with Crippen molar-refractivity contribution in [1.82, 2.24) is 9.97 Å². The van der Waals surface area contributed by atoms with E-state index in [9.17, 15) is 53.3 Å². The predicted octanol–water partition coefficient (Wildman–Crippen LogP) is 4.03. The molecule has 51 heavy (non-hydrogen) atoms. The molecule has 5 aromatic rings. The number of hydrogen-bond acceptors (Lipinski definition) is 13. The number of benzene rings is 4. The van der Waals surface area contributed by atoms with Gasteiger partial charge in [0.2, 0.25) is 0 Å². The van der Waals surface area contributed by atoms with Crippen LogP contribution in [0.4, 0.5) is 22.7 Å². The number of aromatic nitrogens is 2. The van der Waals surface area contributed by atoms with Crippen LogP contribution in [0.25, 0.3) is 11.0 Å². The van der Waals surface area contributed by atoms with Crippen molar-refractivity contribution in [3.63, 3.8) is 0 Å². The summed E-state index contributed by atoms with van der Waals surface area (Å²) in [6, 6.07) is 11.4. The third-order valence-electron chi connectivity index (χ3n) is 7.44. The molecule has 0 bridgehead atoms. The molecule has 1 heterocycles. The topological polar surface area (TPSA) is 290 Å². The zero-order valence-electron chi connectivity index (χ0n) is 24.7. The largest absolute Gasteiger partial charge is 0.397 e. The summed E-state index contributed by atoms with van der Waals surface area (Å²) in [5.74, 6) is -3.63. The van der Waals surface area contributed by atoms with Gasteiger partial charge in [-0.3, -0.25) is 28.0 Å². The Hall–Kier alpha value is -5.06. The zero-order valence-corrected chi connectivity index (χ0v) is 28.7. The lowest BCUT2D eigenvalue weighted by Crippen LogP contribution is -2.29. The Kier molecular flexibility index (Phi) is 8.63. The number of carbonyl (C=O) groups excluding carboxylic acids is 3. The number of nitrogens with zero attached hydrogens (tertiary/aromatic N) is 2. The number of nitrogens with two attached hydrogens (primary N) is 1. The first-order chi connectivity index (χ1) is 23.7. The molecule has 4 aromatic carbocycles. The van der Waals surface area contributed by atoms with Crippen LogP contribution in [0.5, 0.6) is 0 Å². The minimum atomic E-state index is -5.35. The third kappa shape index (κ3) is 6.50. The molecule has 0 atom stereocenters. The van der Waals surface area contributed by atoms with E-state index >= 15 is 0 Å². The summed E-state index contributed by atoms with van der Waals surface area (Å²) in [5.41, 5.74) is 1.06. The van der Waals surface area contributed by atoms with E-state index in [1.54, 1.807) is 0 Å². The molecule has 0 saturated carbocycles. The number of anilines is 4. The molecule has 0 aliphatic heterocycles. The molecular formula is C29H17Cl2N5O12S3. The molecule has 0 unspecified atom stereocenters. The summed E-state index contributed by atoms with van der Waals surface area (Å²) in [6.07, 6.45) is 0. The second-order valence-corrected chi connectivity index (χ2v) is 15.5. The van der Waals surface area contributed by atoms with Crippen molar-refractivity contribution in [3.05, 3.63) is 98.8 Å². The first-order valence-corrected chi connectivity index (χ1v) is 18.7. The maximum Gasteiger partial charge on any atom is 0.296 e. The second-order valence-electron chi connectivity index (χ2n) is 10.6. The van der Waals surface area contributed by atoms with Gasteiger partial charge in [-0.25, -0.2) is 9.97 Å². The molecule has 0 saturated heterocycles. The molecule has 22 heteroatoms. The normalized spacial score (nSPS) is 13.1. The smallest absolute Gasteiger partial charge is 0.296 e. The fourth-order valence-electron chi connectivity index (χ4n) is 5.34. The molecule has 0 spiro atoms. The Morgan fingerprint density at radius 2 is 1.18 bits per heavy atom. The van der Waals surface area contributed by atoms with E-state index in [4.69, 9.17) is 28.9 Å². The zero-order chi connectivity index (χ0) is 37.4. The number of amides is 1. The maximum absolute atomic E-state index is 14.0. The van der Waals surface area contributed by atoms with Gasteiger partial charge in [0, 0.05) is 16.9 Å². The number of carbonyl (C=O) groups is 3. The van der Waals surface area contributed by atoms with Crippen LogP contribution in [0, 0.1) is 0 Å². The van der Waals surface area contributed by atoms with Gasteiger partial charge < -0.3 is 16.4 Å². The summed E-state index contributed by atoms with van der Waals surface area (Å²) in [4.78, 5) is 45.6. The number of nitrogen functional groups attached to an aromatic ring is 1. The lowest BCUT2D eigenvalue weighted by Gasteiger charge is -2.25. The molecule has 1 aromatic heterocycles. The quantitative estimate of drug-likeness (QED) is 0.0982. The number of hydrogen-bond donors (Lipinski definition) is 6. The number of ketones is 2. The highest BCUT2D eigenvalue weighted by Gasteiger charge is 2.42. The average Bonchev–Trinajstić information content (AvgIpc) is 3.02. The van der Waals surface area contributed by atoms with Crippen LogP contribution in [0.15, 0.2) is 75.4 Å². The van der Waals surface area contributed by atoms with E-state index in [1.165, 1.54) is 42.5 Å². The van der Waals surface area contributed by atoms with Gasteiger partial charge in [0.1, 0.15) is 14.7 Å². The highest BCUT2D eigenvalue weighted by molar-refractivity contribution is 7.86. The van der Waals surface area contributed by atoms with Gasteiger partial charge in [0.25, 0.3) is 36.3 Å². The molecule has 0 radical (unpaired) electrons. The van der Waals surface area contributed by atoms with Crippen LogP contribution in [-0.4, -0.2) is 66.4 Å². The van der Waals surface area contributed by atoms with E-state index in [1.807, 2.05) is 0 Å². The minimum absolute atomic E-state index is 0.0135. The van der Waals surface area contributed by atoms with E-state index in [0.717, 1.165) is 0 Å². The van der Waals surface area contributed by atoms with Gasteiger partial charge in [-0.15, -0.1) is 0 Å². The van der Waals surface area contributed by atoms with E-state index in [-0.39, 0.29) is 32.8 Å². The molecule has 1 amide bonds. The number of nitrogens with one attached hydrogen (secondary N) is 2. The van der Waals surface area contributed by atoms with Crippen molar-refractivity contribution in [2.45, 2.75) is 14.7 Å². The van der Waals surface area contributed by atoms with Gasteiger partial charge in [0.15, 0.2) is 21.9 Å². The van der Waals surface area contributed by atoms with Crippen LogP contribution < -0.4 is 16.4 Å². The van der Waals surface area contributed by atoms with E-state index in [0.29, 0.717) is 23.7 Å². The Labute approximate surface area is 296 Å². The van der Waals surface area contributed by atoms with Gasteiger partial charge in [-0.05, 0) is 54.6 Å². The van der Waals surface area contributed by atoms with Crippen LogP contribution in [0.1, 0.15) is 42.2 Å². The first-order valence-electron chi connectivity index (χ1n) is 13.6. The fourth-order valence-corrected chi connectivity index (χ4v) is 7.64. The van der Waals surface area contributed by atoms with Gasteiger partial charge >= 0.3 is 0 Å². The van der Waals surface area contributed by atoms with Crippen LogP contribution >= 0.6 is 23.2 Å². The monoisotopic (exact) mass is 793 g/mol. The van der Waals surface area contributed by atoms with Crippen LogP contribution in [0.3, 0.4) is 0 Å². The summed E-state index contributed by atoms with van der Waals surface area (Å²) < 4.78 is 103. The van der Waals surface area contributed by atoms with Crippen LogP contribution in [0.2, 0.25) is 10.3 Å². The SMILES string of the molecule is Nc1c(S(=O)(=O)O)cc(Nc2cccc(NC(=O)c3ccc4nc(Cl)c(Cl)nc4c3)c2)c2c1C(=O)c1c(S(=O)(=O)O)ccc(S(=O)(=O)O)c1C2=O. The lowest BCUT2D eigenvalue weighted by atomic mass is 9.82. The number of halogens is 2. The van der Waals surface area contributed by atoms with Gasteiger partial charge in [-0.1, -0.05) is 29.3 Å². The summed E-state index contributed by atoms with van der Waals surface area (Å²) in [7, 11) is -15.9. The second kappa shape index (κ2) is 12.3. The summed E-state index contributed by atoms with van der Waals surface area (Å²) >= 11 is 11.8. The summed E-state index contributed by atoms with van der Waals surface area (Å²) in [6.45, 7) is 0. The lowest BCUT2D eigenvalue weighted by molar-refractivity contribution is 0.0975. The molecule has 7 N–H and O–H groups in total. The van der Waals surface area contributed by atoms with Crippen molar-refractivity contribution < 1.29 is 53.3 Å². The molecule has 0 fully saturated rings. The van der Waals surface area contributed by atoms with E-state index < -0.39 is 96.1 Å². The fraction of sp³-hybridized carbons (Fsp3) is 0. The standard InChI is InChI=1S/C29H17Cl2N5O12S3/c30-27-28(31)36-15-8-11(4-5-14(15)35-27)29(39)34-13-3-1-2-12(9-13)33-16-10-19(51(46,47)48)24(32)23-20(16)25(37)21-17(49(40,41)42)6-7-18(50(43,44)45)22(21)26(23)38/h1-10,33H,32H2,(H,34,39)(H,40,41,42)(H,43,44,45)(H,46,47,48). The predicted molar refractivity (Wildman–Crippen MR) is 181 cm³/mol. The van der Waals surface area contributed by atoms with E-state index in [2.05, 4.69) is 20.6 Å². The Morgan fingerprint density at radius 1 is 0.647 bits per heavy atom. The third-order valence-corrected chi connectivity index (χ3v) is 10.8. The molecule has 17 nitrogen and oxygen atoms in total. The molecular weight excluding hydrogens is 777 g/mol. The maximum atomic E-state index is 14.0. The molecule has 6 rings (SSSR count).